The number of nitrogen functional groups attached to an aromatic ring is 1. The van der Waals surface area contributed by atoms with Crippen molar-refractivity contribution in [2.75, 3.05) is 24.6 Å². The third-order valence-electron chi connectivity index (χ3n) is 3.07. The lowest BCUT2D eigenvalue weighted by molar-refractivity contribution is 0.115. The Morgan fingerprint density at radius 3 is 2.89 bits per heavy atom. The third kappa shape index (κ3) is 2.95. The molecule has 0 amide bonds. The molecule has 0 spiro atoms. The summed E-state index contributed by atoms with van der Waals surface area (Å²) in [5.74, 6) is 0.745. The quantitative estimate of drug-likeness (QED) is 0.594. The van der Waals surface area contributed by atoms with Crippen molar-refractivity contribution in [2.45, 2.75) is 25.9 Å². The second-order valence-electron chi connectivity index (χ2n) is 4.35. The van der Waals surface area contributed by atoms with Crippen molar-refractivity contribution >= 4 is 11.7 Å². The van der Waals surface area contributed by atoms with Crippen LogP contribution in [0.25, 0.3) is 0 Å². The maximum Gasteiger partial charge on any atom is 0.147 e. The smallest absolute Gasteiger partial charge is 0.147 e. The maximum absolute atomic E-state index is 7.28. The van der Waals surface area contributed by atoms with Crippen LogP contribution in [0.4, 0.5) is 5.82 Å². The van der Waals surface area contributed by atoms with Crippen molar-refractivity contribution in [3.63, 3.8) is 0 Å². The van der Waals surface area contributed by atoms with Crippen LogP contribution in [0, 0.1) is 5.41 Å². The van der Waals surface area contributed by atoms with Gasteiger partial charge in [-0.3, -0.25) is 5.41 Å². The van der Waals surface area contributed by atoms with E-state index in [1.54, 1.807) is 6.20 Å². The van der Waals surface area contributed by atoms with Gasteiger partial charge in [-0.15, -0.1) is 0 Å². The van der Waals surface area contributed by atoms with Crippen LogP contribution in [0.1, 0.15) is 25.5 Å². The Balaban J connectivity index is 2.04. The first kappa shape index (κ1) is 12.8. The van der Waals surface area contributed by atoms with E-state index < -0.39 is 0 Å². The van der Waals surface area contributed by atoms with E-state index >= 15 is 0 Å². The molecule has 1 aliphatic rings. The Morgan fingerprint density at radius 2 is 2.39 bits per heavy atom. The molecule has 6 heteroatoms. The summed E-state index contributed by atoms with van der Waals surface area (Å²) < 4.78 is 5.62. The molecule has 3 N–H and O–H groups in total. The second kappa shape index (κ2) is 5.77. The van der Waals surface area contributed by atoms with Crippen LogP contribution in [0.15, 0.2) is 12.4 Å². The molecule has 1 fully saturated rings. The molecule has 0 aromatic carbocycles. The fourth-order valence-electron chi connectivity index (χ4n) is 2.04. The Kier molecular flexibility index (Phi) is 4.09. The van der Waals surface area contributed by atoms with E-state index in [4.69, 9.17) is 15.9 Å². The summed E-state index contributed by atoms with van der Waals surface area (Å²) >= 11 is 0. The monoisotopic (exact) mass is 249 g/mol. The predicted molar refractivity (Wildman–Crippen MR) is 69.9 cm³/mol. The minimum atomic E-state index is -0.0591. The summed E-state index contributed by atoms with van der Waals surface area (Å²) in [6.07, 6.45) is 5.73. The summed E-state index contributed by atoms with van der Waals surface area (Å²) in [5, 5.41) is 7.28. The lowest BCUT2D eigenvalue weighted by Crippen LogP contribution is -2.32. The molecule has 1 aromatic rings. The number of nitrogens with one attached hydrogen (secondary N) is 1. The van der Waals surface area contributed by atoms with Crippen molar-refractivity contribution in [3.05, 3.63) is 18.1 Å². The van der Waals surface area contributed by atoms with Gasteiger partial charge in [-0.25, -0.2) is 9.97 Å². The fraction of sp³-hybridized carbons (Fsp3) is 0.583. The Hall–Kier alpha value is -1.69. The molecule has 0 saturated carbocycles. The van der Waals surface area contributed by atoms with E-state index in [9.17, 15) is 0 Å². The minimum Gasteiger partial charge on any atom is -0.382 e. The molecule has 1 unspecified atom stereocenters. The van der Waals surface area contributed by atoms with Gasteiger partial charge in [-0.05, 0) is 19.8 Å². The standard InChI is InChI=1S/C12H19N5O/c1-2-17(8-9-4-3-5-18-9)11-7-15-10(6-16-11)12(13)14/h6-7,9H,2-5,8H2,1H3,(H3,13,14). The van der Waals surface area contributed by atoms with Gasteiger partial charge < -0.3 is 15.4 Å². The molecule has 98 valence electrons. The lowest BCUT2D eigenvalue weighted by Gasteiger charge is -2.24. The van der Waals surface area contributed by atoms with Crippen molar-refractivity contribution in [1.29, 1.82) is 5.41 Å². The number of ether oxygens (including phenoxy) is 1. The highest BCUT2D eigenvalue weighted by molar-refractivity contribution is 5.92. The van der Waals surface area contributed by atoms with Crippen molar-refractivity contribution in [3.8, 4) is 0 Å². The minimum absolute atomic E-state index is 0.0591. The van der Waals surface area contributed by atoms with Gasteiger partial charge in [0, 0.05) is 19.7 Å². The Morgan fingerprint density at radius 1 is 1.56 bits per heavy atom. The summed E-state index contributed by atoms with van der Waals surface area (Å²) in [4.78, 5) is 10.6. The summed E-state index contributed by atoms with van der Waals surface area (Å²) in [6, 6.07) is 0. The largest absolute Gasteiger partial charge is 0.382 e. The molecule has 1 aromatic heterocycles. The number of rotatable bonds is 5. The zero-order chi connectivity index (χ0) is 13.0. The van der Waals surface area contributed by atoms with Gasteiger partial charge in [0.15, 0.2) is 0 Å². The van der Waals surface area contributed by atoms with Crippen molar-refractivity contribution < 1.29 is 4.74 Å². The molecular formula is C12H19N5O. The number of hydrogen-bond acceptors (Lipinski definition) is 5. The molecule has 6 nitrogen and oxygen atoms in total. The molecule has 1 saturated heterocycles. The van der Waals surface area contributed by atoms with Gasteiger partial charge in [-0.1, -0.05) is 0 Å². The Labute approximate surface area is 107 Å². The van der Waals surface area contributed by atoms with Gasteiger partial charge in [0.1, 0.15) is 17.3 Å². The first-order valence-electron chi connectivity index (χ1n) is 6.23. The molecule has 0 radical (unpaired) electrons. The first-order chi connectivity index (χ1) is 8.70. The number of anilines is 1. The fourth-order valence-corrected chi connectivity index (χ4v) is 2.04. The lowest BCUT2D eigenvalue weighted by atomic mass is 10.2. The molecule has 1 atom stereocenters. The van der Waals surface area contributed by atoms with E-state index in [-0.39, 0.29) is 5.84 Å². The highest BCUT2D eigenvalue weighted by atomic mass is 16.5. The van der Waals surface area contributed by atoms with E-state index in [1.807, 2.05) is 0 Å². The topological polar surface area (TPSA) is 88.1 Å². The van der Waals surface area contributed by atoms with Gasteiger partial charge in [-0.2, -0.15) is 0 Å². The van der Waals surface area contributed by atoms with Crippen LogP contribution in [0.5, 0.6) is 0 Å². The normalized spacial score (nSPS) is 18.8. The number of hydrogen-bond donors (Lipinski definition) is 2. The molecule has 2 rings (SSSR count). The van der Waals surface area contributed by atoms with Crippen LogP contribution in [-0.2, 0) is 4.74 Å². The van der Waals surface area contributed by atoms with E-state index in [0.29, 0.717) is 11.8 Å². The molecule has 0 aliphatic carbocycles. The Bertz CT molecular complexity index is 399. The van der Waals surface area contributed by atoms with E-state index in [2.05, 4.69) is 21.8 Å². The molecule has 0 bridgehead atoms. The number of amidine groups is 1. The summed E-state index contributed by atoms with van der Waals surface area (Å²) in [7, 11) is 0. The van der Waals surface area contributed by atoms with Crippen molar-refractivity contribution in [2.24, 2.45) is 5.73 Å². The van der Waals surface area contributed by atoms with Gasteiger partial charge in [0.2, 0.25) is 0 Å². The number of nitrogens with zero attached hydrogens (tertiary/aromatic N) is 3. The van der Waals surface area contributed by atoms with Gasteiger partial charge in [0.05, 0.1) is 18.5 Å². The number of aromatic nitrogens is 2. The molecule has 2 heterocycles. The van der Waals surface area contributed by atoms with Gasteiger partial charge in [0.25, 0.3) is 0 Å². The number of likely N-dealkylation sites (N-methyl/N-ethyl adjacent to an activating group) is 1. The van der Waals surface area contributed by atoms with Crippen molar-refractivity contribution in [1.82, 2.24) is 9.97 Å². The van der Waals surface area contributed by atoms with E-state index in [0.717, 1.165) is 38.4 Å². The zero-order valence-corrected chi connectivity index (χ0v) is 10.6. The highest BCUT2D eigenvalue weighted by Crippen LogP contribution is 2.16. The highest BCUT2D eigenvalue weighted by Gasteiger charge is 2.19. The number of nitrogens with two attached hydrogens (primary N) is 1. The third-order valence-corrected chi connectivity index (χ3v) is 3.07. The molecule has 1 aliphatic heterocycles. The summed E-state index contributed by atoms with van der Waals surface area (Å²) in [5.41, 5.74) is 5.76. The zero-order valence-electron chi connectivity index (χ0n) is 10.6. The van der Waals surface area contributed by atoms with E-state index in [1.165, 1.54) is 6.20 Å². The SMILES string of the molecule is CCN(CC1CCCO1)c1cnc(C(=N)N)cn1. The second-order valence-corrected chi connectivity index (χ2v) is 4.35. The van der Waals surface area contributed by atoms with Crippen LogP contribution < -0.4 is 10.6 Å². The van der Waals surface area contributed by atoms with Gasteiger partial charge >= 0.3 is 0 Å². The molecule has 18 heavy (non-hydrogen) atoms. The maximum atomic E-state index is 7.28. The van der Waals surface area contributed by atoms with Crippen LogP contribution in [-0.4, -0.2) is 41.6 Å². The predicted octanol–water partition coefficient (Wildman–Crippen LogP) is 0.766. The van der Waals surface area contributed by atoms with Crippen LogP contribution >= 0.6 is 0 Å². The average Bonchev–Trinajstić information content (AvgIpc) is 2.89. The summed E-state index contributed by atoms with van der Waals surface area (Å²) in [6.45, 7) is 4.63. The van der Waals surface area contributed by atoms with Crippen LogP contribution in [0.3, 0.4) is 0 Å². The molecular weight excluding hydrogens is 230 g/mol. The first-order valence-corrected chi connectivity index (χ1v) is 6.23. The van der Waals surface area contributed by atoms with Crippen LogP contribution in [0.2, 0.25) is 0 Å². The average molecular weight is 249 g/mol.